The molecule has 7 heteroatoms. The van der Waals surface area contributed by atoms with Crippen molar-refractivity contribution in [3.05, 3.63) is 24.8 Å². The van der Waals surface area contributed by atoms with Crippen molar-refractivity contribution in [3.63, 3.8) is 0 Å². The summed E-state index contributed by atoms with van der Waals surface area (Å²) in [6.07, 6.45) is 6.38. The van der Waals surface area contributed by atoms with E-state index in [0.717, 1.165) is 18.4 Å². The summed E-state index contributed by atoms with van der Waals surface area (Å²) in [5.41, 5.74) is 1.01. The van der Waals surface area contributed by atoms with Crippen LogP contribution in [-0.4, -0.2) is 41.1 Å². The minimum absolute atomic E-state index is 0.0513. The number of nitrogens with zero attached hydrogens (tertiary/aromatic N) is 2. The van der Waals surface area contributed by atoms with Crippen molar-refractivity contribution < 1.29 is 14.3 Å². The molecule has 2 aromatic rings. The van der Waals surface area contributed by atoms with Crippen molar-refractivity contribution in [1.82, 2.24) is 14.7 Å². The molecule has 2 aromatic heterocycles. The predicted molar refractivity (Wildman–Crippen MR) is 87.4 cm³/mol. The second kappa shape index (κ2) is 5.79. The van der Waals surface area contributed by atoms with E-state index in [1.165, 1.54) is 0 Å². The summed E-state index contributed by atoms with van der Waals surface area (Å²) in [4.78, 5) is 15.8. The summed E-state index contributed by atoms with van der Waals surface area (Å²) in [7, 11) is 5.87. The number of carbonyl (C=O) groups excluding carboxylic acids is 1. The normalized spacial score (nSPS) is 20.8. The van der Waals surface area contributed by atoms with Crippen LogP contribution in [0, 0.1) is 0 Å². The summed E-state index contributed by atoms with van der Waals surface area (Å²) >= 11 is 0. The van der Waals surface area contributed by atoms with Gasteiger partial charge in [0.05, 0.1) is 12.5 Å². The van der Waals surface area contributed by atoms with Crippen LogP contribution in [0.15, 0.2) is 24.8 Å². The second-order valence-electron chi connectivity index (χ2n) is 6.88. The first-order chi connectivity index (χ1) is 10.8. The van der Waals surface area contributed by atoms with Gasteiger partial charge in [0.15, 0.2) is 0 Å². The van der Waals surface area contributed by atoms with Gasteiger partial charge in [-0.05, 0) is 26.8 Å². The Morgan fingerprint density at radius 2 is 2.17 bits per heavy atom. The van der Waals surface area contributed by atoms with Crippen LogP contribution in [0.2, 0.25) is 0 Å². The largest absolute Gasteiger partial charge is 0.488 e. The van der Waals surface area contributed by atoms with Crippen LogP contribution in [0.4, 0.5) is 4.79 Å². The fourth-order valence-electron chi connectivity index (χ4n) is 2.55. The topological polar surface area (TPSA) is 64.9 Å². The molecule has 0 aromatic carbocycles. The molecule has 0 spiro atoms. The Hall–Kier alpha value is -2.18. The van der Waals surface area contributed by atoms with Crippen molar-refractivity contribution >= 4 is 24.9 Å². The Labute approximate surface area is 136 Å². The van der Waals surface area contributed by atoms with Crippen LogP contribution >= 0.6 is 0 Å². The maximum absolute atomic E-state index is 11.7. The number of nitrogens with one attached hydrogen (secondary N) is 1. The average molecular weight is 313 g/mol. The monoisotopic (exact) mass is 313 g/mol. The van der Waals surface area contributed by atoms with Crippen LogP contribution in [0.25, 0.3) is 5.52 Å². The molecule has 1 amide bonds. The van der Waals surface area contributed by atoms with Gasteiger partial charge < -0.3 is 19.2 Å². The number of aromatic nitrogens is 2. The quantitative estimate of drug-likeness (QED) is 0.874. The first kappa shape index (κ1) is 15.7. The Kier molecular flexibility index (Phi) is 3.96. The molecule has 0 unspecified atom stereocenters. The number of ether oxygens (including phenoxy) is 2. The van der Waals surface area contributed by atoms with Gasteiger partial charge in [-0.25, -0.2) is 9.78 Å². The molecule has 1 N–H and O–H groups in total. The van der Waals surface area contributed by atoms with E-state index in [-0.39, 0.29) is 18.2 Å². The zero-order valence-electron chi connectivity index (χ0n) is 13.6. The standard InChI is InChI=1S/C16H20BN3O3/c1-16(2,3)23-15(21)19-11-5-12(6-11)22-14-4-10(17)8-20-9-18-7-13(14)20/h4,7-9,11-12H,5-6H2,1-3H3,(H,19,21). The van der Waals surface area contributed by atoms with Gasteiger partial charge >= 0.3 is 6.09 Å². The fraction of sp³-hybridized carbons (Fsp3) is 0.500. The van der Waals surface area contributed by atoms with Crippen molar-refractivity contribution in [1.29, 1.82) is 0 Å². The van der Waals surface area contributed by atoms with Gasteiger partial charge in [-0.3, -0.25) is 0 Å². The van der Waals surface area contributed by atoms with Crippen molar-refractivity contribution in [2.75, 3.05) is 0 Å². The number of amides is 1. The Bertz CT molecular complexity index is 717. The van der Waals surface area contributed by atoms with Crippen LogP contribution in [0.3, 0.4) is 0 Å². The highest BCUT2D eigenvalue weighted by Crippen LogP contribution is 2.28. The summed E-state index contributed by atoms with van der Waals surface area (Å²) < 4.78 is 13.1. The molecule has 0 atom stereocenters. The van der Waals surface area contributed by atoms with Gasteiger partial charge in [-0.2, -0.15) is 0 Å². The fourth-order valence-corrected chi connectivity index (χ4v) is 2.55. The zero-order chi connectivity index (χ0) is 16.6. The summed E-state index contributed by atoms with van der Waals surface area (Å²) in [5, 5.41) is 2.85. The van der Waals surface area contributed by atoms with E-state index < -0.39 is 5.60 Å². The molecule has 1 aliphatic rings. The Morgan fingerprint density at radius 1 is 1.43 bits per heavy atom. The lowest BCUT2D eigenvalue weighted by Gasteiger charge is -2.36. The van der Waals surface area contributed by atoms with E-state index in [1.807, 2.05) is 25.2 Å². The number of alkyl carbamates (subject to hydrolysis) is 1. The number of fused-ring (bicyclic) bond motifs is 1. The smallest absolute Gasteiger partial charge is 0.407 e. The number of hydrogen-bond acceptors (Lipinski definition) is 4. The molecule has 1 aliphatic carbocycles. The number of pyridine rings is 1. The Morgan fingerprint density at radius 3 is 2.87 bits per heavy atom. The first-order valence-electron chi connectivity index (χ1n) is 7.67. The SMILES string of the molecule is [B]c1cc(OC2CC(NC(=O)OC(C)(C)C)C2)c2cncn2c1. The number of hydrogen-bond donors (Lipinski definition) is 1. The molecule has 0 bridgehead atoms. The van der Waals surface area contributed by atoms with E-state index >= 15 is 0 Å². The summed E-state index contributed by atoms with van der Waals surface area (Å²) in [5.74, 6) is 0.711. The van der Waals surface area contributed by atoms with E-state index in [9.17, 15) is 4.79 Å². The third-order valence-electron chi connectivity index (χ3n) is 3.61. The lowest BCUT2D eigenvalue weighted by atomic mass is 9.89. The summed E-state index contributed by atoms with van der Waals surface area (Å²) in [6, 6.07) is 1.88. The molecule has 6 nitrogen and oxygen atoms in total. The molecule has 1 fully saturated rings. The van der Waals surface area contributed by atoms with Crippen LogP contribution in [0.5, 0.6) is 5.75 Å². The van der Waals surface area contributed by atoms with E-state index in [1.54, 1.807) is 24.8 Å². The van der Waals surface area contributed by atoms with Gasteiger partial charge in [0, 0.05) is 25.1 Å². The average Bonchev–Trinajstić information content (AvgIpc) is 2.81. The molecule has 2 radical (unpaired) electrons. The second-order valence-corrected chi connectivity index (χ2v) is 6.88. The van der Waals surface area contributed by atoms with Crippen LogP contribution in [0.1, 0.15) is 33.6 Å². The van der Waals surface area contributed by atoms with Gasteiger partial charge in [0.25, 0.3) is 0 Å². The Balaban J connectivity index is 1.54. The van der Waals surface area contributed by atoms with E-state index in [0.29, 0.717) is 11.2 Å². The maximum atomic E-state index is 11.7. The molecule has 3 rings (SSSR count). The highest BCUT2D eigenvalue weighted by Gasteiger charge is 2.33. The molecule has 23 heavy (non-hydrogen) atoms. The summed E-state index contributed by atoms with van der Waals surface area (Å²) in [6.45, 7) is 5.53. The van der Waals surface area contributed by atoms with Crippen LogP contribution in [-0.2, 0) is 4.74 Å². The highest BCUT2D eigenvalue weighted by molar-refractivity contribution is 6.32. The van der Waals surface area contributed by atoms with Gasteiger partial charge in [0.1, 0.15) is 30.8 Å². The predicted octanol–water partition coefficient (Wildman–Crippen LogP) is 1.56. The maximum Gasteiger partial charge on any atom is 0.407 e. The van der Waals surface area contributed by atoms with Gasteiger partial charge in [0.2, 0.25) is 0 Å². The van der Waals surface area contributed by atoms with E-state index in [2.05, 4.69) is 10.3 Å². The molecule has 1 saturated carbocycles. The third kappa shape index (κ3) is 3.78. The van der Waals surface area contributed by atoms with Crippen molar-refractivity contribution in [2.45, 2.75) is 51.4 Å². The molecular formula is C16H20BN3O3. The molecule has 0 saturated heterocycles. The first-order valence-corrected chi connectivity index (χ1v) is 7.67. The van der Waals surface area contributed by atoms with Crippen LogP contribution < -0.4 is 15.5 Å². The minimum Gasteiger partial charge on any atom is -0.488 e. The lowest BCUT2D eigenvalue weighted by molar-refractivity contribution is 0.0365. The zero-order valence-corrected chi connectivity index (χ0v) is 13.6. The molecular weight excluding hydrogens is 293 g/mol. The number of imidazole rings is 1. The third-order valence-corrected chi connectivity index (χ3v) is 3.61. The van der Waals surface area contributed by atoms with Gasteiger partial charge in [-0.1, -0.05) is 5.46 Å². The highest BCUT2D eigenvalue weighted by atomic mass is 16.6. The van der Waals surface area contributed by atoms with Crippen molar-refractivity contribution in [3.8, 4) is 5.75 Å². The van der Waals surface area contributed by atoms with E-state index in [4.69, 9.17) is 17.3 Å². The number of rotatable bonds is 3. The van der Waals surface area contributed by atoms with Crippen molar-refractivity contribution in [2.24, 2.45) is 0 Å². The lowest BCUT2D eigenvalue weighted by Crippen LogP contribution is -2.50. The number of carbonyl (C=O) groups is 1. The minimum atomic E-state index is -0.487. The molecule has 2 heterocycles. The molecule has 0 aliphatic heterocycles. The van der Waals surface area contributed by atoms with Gasteiger partial charge in [-0.15, -0.1) is 0 Å². The molecule has 120 valence electrons.